The summed E-state index contributed by atoms with van der Waals surface area (Å²) in [5, 5.41) is 3.11. The second-order valence-corrected chi connectivity index (χ2v) is 9.15. The molecule has 0 saturated carbocycles. The fourth-order valence-electron chi connectivity index (χ4n) is 3.58. The molecule has 3 aromatic rings. The fraction of sp³-hybridized carbons (Fsp3) is 0.0800. The van der Waals surface area contributed by atoms with Crippen molar-refractivity contribution in [1.82, 2.24) is 5.32 Å². The SMILES string of the molecule is Cc1c(Cl)cccc1N1C(=O)NC(=O)/C(=C\c2cc(Cl)ccc2Cc2ccccc2Br)C1=O. The minimum Gasteiger partial charge on any atom is -0.273 e. The summed E-state index contributed by atoms with van der Waals surface area (Å²) in [6.07, 6.45) is 2.01. The molecule has 5 nitrogen and oxygen atoms in total. The summed E-state index contributed by atoms with van der Waals surface area (Å²) in [4.78, 5) is 39.4. The van der Waals surface area contributed by atoms with Crippen molar-refractivity contribution < 1.29 is 14.4 Å². The first-order chi connectivity index (χ1) is 15.8. The van der Waals surface area contributed by atoms with Gasteiger partial charge < -0.3 is 0 Å². The Labute approximate surface area is 209 Å². The van der Waals surface area contributed by atoms with Gasteiger partial charge in [0.1, 0.15) is 5.57 Å². The van der Waals surface area contributed by atoms with Crippen LogP contribution in [0.15, 0.2) is 70.7 Å². The zero-order valence-electron chi connectivity index (χ0n) is 17.4. The molecule has 1 fully saturated rings. The molecule has 1 saturated heterocycles. The maximum atomic E-state index is 13.3. The van der Waals surface area contributed by atoms with Crippen LogP contribution in [0, 0.1) is 6.92 Å². The number of carbonyl (C=O) groups is 3. The quantitative estimate of drug-likeness (QED) is 0.309. The third-order valence-electron chi connectivity index (χ3n) is 5.33. The van der Waals surface area contributed by atoms with Gasteiger partial charge in [-0.1, -0.05) is 69.5 Å². The van der Waals surface area contributed by atoms with Crippen molar-refractivity contribution >= 4 is 68.7 Å². The molecule has 1 N–H and O–H groups in total. The van der Waals surface area contributed by atoms with Crippen molar-refractivity contribution in [3.63, 3.8) is 0 Å². The first-order valence-electron chi connectivity index (χ1n) is 9.94. The molecule has 1 heterocycles. The normalized spacial score (nSPS) is 15.2. The molecule has 4 amide bonds. The molecule has 1 aliphatic heterocycles. The molecule has 0 atom stereocenters. The summed E-state index contributed by atoms with van der Waals surface area (Å²) < 4.78 is 0.943. The largest absolute Gasteiger partial charge is 0.335 e. The van der Waals surface area contributed by atoms with Crippen LogP contribution in [0.3, 0.4) is 0 Å². The smallest absolute Gasteiger partial charge is 0.273 e. The molecule has 4 rings (SSSR count). The Balaban J connectivity index is 1.78. The Hall–Kier alpha value is -2.93. The first-order valence-corrected chi connectivity index (χ1v) is 11.5. The zero-order valence-corrected chi connectivity index (χ0v) is 20.5. The van der Waals surface area contributed by atoms with E-state index in [0.717, 1.165) is 20.5 Å². The van der Waals surface area contributed by atoms with Crippen LogP contribution in [0.1, 0.15) is 22.3 Å². The fourth-order valence-corrected chi connectivity index (χ4v) is 4.35. The van der Waals surface area contributed by atoms with Gasteiger partial charge in [0.25, 0.3) is 11.8 Å². The third-order valence-corrected chi connectivity index (χ3v) is 6.75. The van der Waals surface area contributed by atoms with E-state index in [2.05, 4.69) is 21.2 Å². The molecular weight excluding hydrogens is 527 g/mol. The number of urea groups is 1. The van der Waals surface area contributed by atoms with Crippen molar-refractivity contribution in [2.75, 3.05) is 4.90 Å². The number of barbiturate groups is 1. The summed E-state index contributed by atoms with van der Waals surface area (Å²) in [5.41, 5.74) is 3.18. The Morgan fingerprint density at radius 2 is 1.73 bits per heavy atom. The highest BCUT2D eigenvalue weighted by molar-refractivity contribution is 9.10. The third kappa shape index (κ3) is 4.74. The van der Waals surface area contributed by atoms with Gasteiger partial charge in [-0.15, -0.1) is 0 Å². The van der Waals surface area contributed by atoms with Gasteiger partial charge in [0.2, 0.25) is 0 Å². The lowest BCUT2D eigenvalue weighted by atomic mass is 9.97. The van der Waals surface area contributed by atoms with Crippen molar-refractivity contribution in [1.29, 1.82) is 0 Å². The molecule has 8 heteroatoms. The van der Waals surface area contributed by atoms with Gasteiger partial charge in [-0.05, 0) is 72.0 Å². The van der Waals surface area contributed by atoms with Crippen LogP contribution >= 0.6 is 39.1 Å². The van der Waals surface area contributed by atoms with E-state index >= 15 is 0 Å². The number of anilines is 1. The summed E-state index contributed by atoms with van der Waals surface area (Å²) in [6, 6.07) is 17.1. The van der Waals surface area contributed by atoms with Crippen LogP contribution in [0.25, 0.3) is 6.08 Å². The average molecular weight is 544 g/mol. The number of nitrogens with zero attached hydrogens (tertiary/aromatic N) is 1. The van der Waals surface area contributed by atoms with Crippen LogP contribution < -0.4 is 10.2 Å². The highest BCUT2D eigenvalue weighted by Crippen LogP contribution is 2.30. The topological polar surface area (TPSA) is 66.5 Å². The summed E-state index contributed by atoms with van der Waals surface area (Å²) in [5.74, 6) is -1.51. The molecule has 33 heavy (non-hydrogen) atoms. The highest BCUT2D eigenvalue weighted by Gasteiger charge is 2.37. The molecular formula is C25H17BrCl2N2O3. The maximum Gasteiger partial charge on any atom is 0.335 e. The van der Waals surface area contributed by atoms with E-state index < -0.39 is 17.8 Å². The Bertz CT molecular complexity index is 1340. The van der Waals surface area contributed by atoms with Gasteiger partial charge in [0.15, 0.2) is 0 Å². The summed E-state index contributed by atoms with van der Waals surface area (Å²) in [7, 11) is 0. The van der Waals surface area contributed by atoms with Crippen LogP contribution in [-0.4, -0.2) is 17.8 Å². The number of rotatable bonds is 4. The van der Waals surface area contributed by atoms with E-state index in [1.807, 2.05) is 30.3 Å². The van der Waals surface area contributed by atoms with Gasteiger partial charge in [0.05, 0.1) is 5.69 Å². The van der Waals surface area contributed by atoms with Crippen molar-refractivity contribution in [2.24, 2.45) is 0 Å². The van der Waals surface area contributed by atoms with Crippen LogP contribution in [0.5, 0.6) is 0 Å². The second-order valence-electron chi connectivity index (χ2n) is 7.45. The highest BCUT2D eigenvalue weighted by atomic mass is 79.9. The lowest BCUT2D eigenvalue weighted by molar-refractivity contribution is -0.122. The number of hydrogen-bond acceptors (Lipinski definition) is 3. The van der Waals surface area contributed by atoms with Crippen molar-refractivity contribution in [3.05, 3.63) is 103 Å². The Kier molecular flexibility index (Phi) is 6.70. The lowest BCUT2D eigenvalue weighted by Gasteiger charge is -2.28. The second kappa shape index (κ2) is 9.51. The van der Waals surface area contributed by atoms with Crippen molar-refractivity contribution in [2.45, 2.75) is 13.3 Å². The molecule has 3 aromatic carbocycles. The van der Waals surface area contributed by atoms with E-state index in [0.29, 0.717) is 33.3 Å². The monoisotopic (exact) mass is 542 g/mol. The van der Waals surface area contributed by atoms with Gasteiger partial charge in [-0.25, -0.2) is 9.69 Å². The number of halogens is 3. The van der Waals surface area contributed by atoms with Gasteiger partial charge in [-0.2, -0.15) is 0 Å². The predicted octanol–water partition coefficient (Wildman–Crippen LogP) is 6.32. The van der Waals surface area contributed by atoms with Crippen molar-refractivity contribution in [3.8, 4) is 0 Å². The number of hydrogen-bond donors (Lipinski definition) is 1. The molecule has 1 aliphatic rings. The van der Waals surface area contributed by atoms with E-state index in [9.17, 15) is 14.4 Å². The average Bonchev–Trinajstić information content (AvgIpc) is 2.77. The summed E-state index contributed by atoms with van der Waals surface area (Å²) >= 11 is 16.0. The Morgan fingerprint density at radius 3 is 2.48 bits per heavy atom. The number of benzene rings is 3. The van der Waals surface area contributed by atoms with Gasteiger partial charge in [-0.3, -0.25) is 14.9 Å². The molecule has 0 radical (unpaired) electrons. The lowest BCUT2D eigenvalue weighted by Crippen LogP contribution is -2.54. The van der Waals surface area contributed by atoms with E-state index in [1.54, 1.807) is 37.3 Å². The number of nitrogens with one attached hydrogen (secondary N) is 1. The van der Waals surface area contributed by atoms with Gasteiger partial charge in [0, 0.05) is 14.5 Å². The molecule has 0 bridgehead atoms. The molecule has 0 spiro atoms. The van der Waals surface area contributed by atoms with E-state index in [1.165, 1.54) is 6.08 Å². The number of amides is 4. The minimum atomic E-state index is -0.827. The maximum absolute atomic E-state index is 13.3. The Morgan fingerprint density at radius 1 is 0.970 bits per heavy atom. The summed E-state index contributed by atoms with van der Waals surface area (Å²) in [6.45, 7) is 1.70. The standard InChI is InChI=1S/C25H17BrCl2N2O3/c1-14-21(28)7-4-8-22(14)30-24(32)19(23(31)29-25(30)33)13-17-12-18(27)10-9-15(17)11-16-5-2-3-6-20(16)26/h2-10,12-13H,11H2,1H3,(H,29,31,33)/b19-13+. The van der Waals surface area contributed by atoms with Gasteiger partial charge >= 0.3 is 6.03 Å². The molecule has 0 aromatic heterocycles. The van der Waals surface area contributed by atoms with Crippen LogP contribution in [0.2, 0.25) is 10.0 Å². The molecule has 0 aliphatic carbocycles. The predicted molar refractivity (Wildman–Crippen MR) is 134 cm³/mol. The molecule has 0 unspecified atom stereocenters. The number of imide groups is 2. The number of carbonyl (C=O) groups excluding carboxylic acids is 3. The molecule has 166 valence electrons. The van der Waals surface area contributed by atoms with Crippen LogP contribution in [0.4, 0.5) is 10.5 Å². The van der Waals surface area contributed by atoms with E-state index in [4.69, 9.17) is 23.2 Å². The first kappa shape index (κ1) is 23.2. The minimum absolute atomic E-state index is 0.176. The van der Waals surface area contributed by atoms with Crippen LogP contribution in [-0.2, 0) is 16.0 Å². The van der Waals surface area contributed by atoms with E-state index in [-0.39, 0.29) is 5.57 Å². The zero-order chi connectivity index (χ0) is 23.7.